The topological polar surface area (TPSA) is 54.9 Å². The summed E-state index contributed by atoms with van der Waals surface area (Å²) >= 11 is 1.86. The molecule has 6 heteroatoms. The maximum atomic E-state index is 12.9. The van der Waals surface area contributed by atoms with Gasteiger partial charge in [-0.25, -0.2) is 0 Å². The second kappa shape index (κ2) is 11.3. The van der Waals surface area contributed by atoms with Gasteiger partial charge in [0.25, 0.3) is 5.91 Å². The maximum Gasteiger partial charge on any atom is 0.255 e. The molecule has 0 unspecified atom stereocenters. The molecule has 0 saturated carbocycles. The van der Waals surface area contributed by atoms with Crippen LogP contribution in [0.25, 0.3) is 11.4 Å². The number of hydrogen-bond donors (Lipinski definition) is 1. The Kier molecular flexibility index (Phi) is 7.51. The van der Waals surface area contributed by atoms with E-state index < -0.39 is 7.12 Å². The van der Waals surface area contributed by atoms with Crippen LogP contribution in [-0.2, 0) is 0 Å². The first kappa shape index (κ1) is 23.9. The number of hydrogen-bond acceptors (Lipinski definition) is 4. The summed E-state index contributed by atoms with van der Waals surface area (Å²) in [7, 11) is -0.601. The van der Waals surface area contributed by atoms with Gasteiger partial charge in [-0.1, -0.05) is 72.0 Å². The van der Waals surface area contributed by atoms with Crippen LogP contribution in [0.1, 0.15) is 15.9 Å². The minimum atomic E-state index is -0.601. The van der Waals surface area contributed by atoms with E-state index in [4.69, 9.17) is 0 Å². The van der Waals surface area contributed by atoms with E-state index >= 15 is 0 Å². The molecule has 4 nitrogen and oxygen atoms in total. The summed E-state index contributed by atoms with van der Waals surface area (Å²) in [4.78, 5) is 22.9. The lowest BCUT2D eigenvalue weighted by Gasteiger charge is -2.18. The summed E-state index contributed by atoms with van der Waals surface area (Å²) in [6.07, 6.45) is 3.39. The molecule has 36 heavy (non-hydrogen) atoms. The largest absolute Gasteiger partial charge is 0.322 e. The van der Waals surface area contributed by atoms with Crippen LogP contribution in [0.2, 0.25) is 0 Å². The average molecular weight is 506 g/mol. The Morgan fingerprint density at radius 1 is 0.722 bits per heavy atom. The molecule has 0 bridgehead atoms. The van der Waals surface area contributed by atoms with E-state index in [1.54, 1.807) is 24.5 Å². The molecule has 176 valence electrons. The smallest absolute Gasteiger partial charge is 0.255 e. The highest BCUT2D eigenvalue weighted by Crippen LogP contribution is 2.52. The van der Waals surface area contributed by atoms with Gasteiger partial charge in [0.2, 0.25) is 0 Å². The predicted octanol–water partition coefficient (Wildman–Crippen LogP) is 6.84. The Hall–Kier alpha value is -3.79. The first-order chi connectivity index (χ1) is 17.7. The first-order valence-electron chi connectivity index (χ1n) is 11.5. The molecule has 0 fully saturated rings. The van der Waals surface area contributed by atoms with Gasteiger partial charge in [-0.2, -0.15) is 0 Å². The number of carbonyl (C=O) groups excluding carboxylic acids is 1. The highest BCUT2D eigenvalue weighted by atomic mass is 32.7. The third-order valence-corrected chi connectivity index (χ3v) is 10.1. The number of aromatic nitrogens is 2. The van der Waals surface area contributed by atoms with Gasteiger partial charge in [-0.05, 0) is 71.6 Å². The molecule has 0 aliphatic carbocycles. The highest BCUT2D eigenvalue weighted by molar-refractivity contribution is 8.60. The Bertz CT molecular complexity index is 1420. The lowest BCUT2D eigenvalue weighted by atomic mass is 10.1. The molecule has 1 amide bonds. The summed E-state index contributed by atoms with van der Waals surface area (Å²) < 4.78 is 0. The Balaban J connectivity index is 1.30. The van der Waals surface area contributed by atoms with Crippen LogP contribution < -0.4 is 15.9 Å². The number of pyridine rings is 2. The number of benzene rings is 3. The molecule has 2 aromatic heterocycles. The van der Waals surface area contributed by atoms with E-state index in [1.807, 2.05) is 54.7 Å². The van der Waals surface area contributed by atoms with Crippen LogP contribution >= 0.6 is 18.5 Å². The molecule has 1 N–H and O–H groups in total. The Morgan fingerprint density at radius 2 is 1.31 bits per heavy atom. The van der Waals surface area contributed by atoms with Crippen molar-refractivity contribution in [1.29, 1.82) is 0 Å². The summed E-state index contributed by atoms with van der Waals surface area (Å²) in [5, 5.41) is 5.64. The van der Waals surface area contributed by atoms with Gasteiger partial charge in [0, 0.05) is 35.7 Å². The van der Waals surface area contributed by atoms with Gasteiger partial charge in [-0.3, -0.25) is 14.8 Å². The zero-order valence-electron chi connectivity index (χ0n) is 19.7. The Morgan fingerprint density at radius 3 is 1.92 bits per heavy atom. The zero-order chi connectivity index (χ0) is 24.7. The van der Waals surface area contributed by atoms with Crippen molar-refractivity contribution in [3.63, 3.8) is 0 Å². The molecule has 5 aromatic rings. The molecule has 3 aromatic carbocycles. The van der Waals surface area contributed by atoms with Crippen molar-refractivity contribution in [2.75, 3.05) is 5.32 Å². The lowest BCUT2D eigenvalue weighted by molar-refractivity contribution is 0.102. The predicted molar refractivity (Wildman–Crippen MR) is 152 cm³/mol. The number of carbonyl (C=O) groups is 1. The molecular formula is C30H24N3OPS. The van der Waals surface area contributed by atoms with Crippen molar-refractivity contribution < 1.29 is 4.79 Å². The minimum Gasteiger partial charge on any atom is -0.322 e. The summed E-state index contributed by atoms with van der Waals surface area (Å²) in [6, 6.07) is 36.6. The van der Waals surface area contributed by atoms with Crippen molar-refractivity contribution in [1.82, 2.24) is 9.97 Å². The Labute approximate surface area is 216 Å². The number of nitrogens with zero attached hydrogens (tertiary/aromatic N) is 2. The third-order valence-electron chi connectivity index (χ3n) is 5.49. The number of amides is 1. The van der Waals surface area contributed by atoms with Crippen LogP contribution in [0.15, 0.2) is 126 Å². The lowest BCUT2D eigenvalue weighted by Crippen LogP contribution is -2.12. The molecule has 0 atom stereocenters. The average Bonchev–Trinajstić information content (AvgIpc) is 2.93. The van der Waals surface area contributed by atoms with Gasteiger partial charge in [0.05, 0.1) is 11.4 Å². The van der Waals surface area contributed by atoms with Gasteiger partial charge >= 0.3 is 0 Å². The van der Waals surface area contributed by atoms with Crippen LogP contribution in [0.5, 0.6) is 0 Å². The van der Waals surface area contributed by atoms with Crippen molar-refractivity contribution in [2.45, 2.75) is 11.8 Å². The van der Waals surface area contributed by atoms with Crippen LogP contribution in [0, 0.1) is 6.92 Å². The SMILES string of the molecule is Cc1ccnc(-c2cc(C(=O)Nc3ccc(SP(c4ccccc4)c4ccccc4)cc3)ccn2)c1. The van der Waals surface area contributed by atoms with Crippen molar-refractivity contribution in [3.05, 3.63) is 133 Å². The molecule has 0 saturated heterocycles. The summed E-state index contributed by atoms with van der Waals surface area (Å²) in [6.45, 7) is 2.01. The minimum absolute atomic E-state index is 0.178. The molecule has 0 radical (unpaired) electrons. The second-order valence-corrected chi connectivity index (χ2v) is 12.1. The fourth-order valence-corrected chi connectivity index (χ4v) is 7.90. The van der Waals surface area contributed by atoms with Gasteiger partial charge in [0.1, 0.15) is 0 Å². The first-order valence-corrected chi connectivity index (χ1v) is 14.3. The number of rotatable bonds is 7. The molecule has 0 aliphatic heterocycles. The van der Waals surface area contributed by atoms with Crippen LogP contribution in [0.4, 0.5) is 5.69 Å². The second-order valence-electron chi connectivity index (χ2n) is 8.18. The van der Waals surface area contributed by atoms with E-state index in [2.05, 4.69) is 75.9 Å². The monoisotopic (exact) mass is 505 g/mol. The van der Waals surface area contributed by atoms with Gasteiger partial charge in [0.15, 0.2) is 0 Å². The zero-order valence-corrected chi connectivity index (χ0v) is 21.4. The van der Waals surface area contributed by atoms with E-state index in [0.29, 0.717) is 11.3 Å². The molecule has 5 rings (SSSR count). The van der Waals surface area contributed by atoms with Crippen LogP contribution in [0.3, 0.4) is 0 Å². The molecule has 0 aliphatic rings. The van der Waals surface area contributed by atoms with E-state index in [-0.39, 0.29) is 5.91 Å². The number of nitrogens with one attached hydrogen (secondary N) is 1. The molecule has 2 heterocycles. The van der Waals surface area contributed by atoms with Gasteiger partial charge in [-0.15, -0.1) is 0 Å². The molecule has 0 spiro atoms. The van der Waals surface area contributed by atoms with E-state index in [1.165, 1.54) is 10.6 Å². The maximum absolute atomic E-state index is 12.9. The number of aryl methyl sites for hydroxylation is 1. The third kappa shape index (κ3) is 5.88. The quantitative estimate of drug-likeness (QED) is 0.246. The van der Waals surface area contributed by atoms with Crippen molar-refractivity contribution in [2.24, 2.45) is 0 Å². The summed E-state index contributed by atoms with van der Waals surface area (Å²) in [5.41, 5.74) is 3.81. The van der Waals surface area contributed by atoms with Crippen molar-refractivity contribution in [3.8, 4) is 11.4 Å². The standard InChI is InChI=1S/C30H24N3OPS/c1-22-16-18-31-28(20-22)29-21-23(17-19-32-29)30(34)33-24-12-14-27(15-13-24)36-35(25-8-4-2-5-9-25)26-10-6-3-7-11-26/h2-21H,1H3,(H,33,34). The highest BCUT2D eigenvalue weighted by Gasteiger charge is 2.16. The van der Waals surface area contributed by atoms with E-state index in [0.717, 1.165) is 21.8 Å². The van der Waals surface area contributed by atoms with Gasteiger partial charge < -0.3 is 5.32 Å². The summed E-state index contributed by atoms with van der Waals surface area (Å²) in [5.74, 6) is -0.178. The van der Waals surface area contributed by atoms with Crippen LogP contribution in [-0.4, -0.2) is 15.9 Å². The van der Waals surface area contributed by atoms with E-state index in [9.17, 15) is 4.79 Å². The van der Waals surface area contributed by atoms with Crippen molar-refractivity contribution >= 4 is 40.7 Å². The molecular weight excluding hydrogens is 481 g/mol. The fourth-order valence-electron chi connectivity index (χ4n) is 3.68. The number of anilines is 1. The normalized spacial score (nSPS) is 10.8. The fraction of sp³-hybridized carbons (Fsp3) is 0.0333.